The van der Waals surface area contributed by atoms with Crippen LogP contribution < -0.4 is 4.74 Å². The van der Waals surface area contributed by atoms with Crippen molar-refractivity contribution in [2.24, 2.45) is 5.92 Å². The monoisotopic (exact) mass is 607 g/mol. The maximum Gasteiger partial charge on any atom is 0.404 e. The van der Waals surface area contributed by atoms with Crippen LogP contribution in [-0.4, -0.2) is 39.6 Å². The Kier molecular flexibility index (Phi) is 11.4. The van der Waals surface area contributed by atoms with Gasteiger partial charge in [-0.2, -0.15) is 13.1 Å². The predicted molar refractivity (Wildman–Crippen MR) is 148 cm³/mol. The quantitative estimate of drug-likeness (QED) is 0.170. The maximum absolute atomic E-state index is 15.4. The molecule has 1 fully saturated rings. The van der Waals surface area contributed by atoms with Gasteiger partial charge in [-0.25, -0.2) is 8.42 Å². The predicted octanol–water partition coefficient (Wildman–Crippen LogP) is 7.83. The molecule has 0 radical (unpaired) electrons. The first kappa shape index (κ1) is 32.0. The van der Waals surface area contributed by atoms with Crippen molar-refractivity contribution in [3.8, 4) is 5.75 Å². The van der Waals surface area contributed by atoms with Crippen molar-refractivity contribution in [1.29, 1.82) is 0 Å². The number of benzene rings is 2. The van der Waals surface area contributed by atoms with Crippen molar-refractivity contribution >= 4 is 29.2 Å². The SMILES string of the molecule is CCOP(=O)(OCC)C(F)(F)c1ccc(CN(CC2CCCCCC2)S(=O)(=O)c2ccccc2OC)cc1Cl. The first-order valence-electron chi connectivity index (χ1n) is 13.2. The second-order valence-electron chi connectivity index (χ2n) is 9.49. The molecule has 1 saturated carbocycles. The summed E-state index contributed by atoms with van der Waals surface area (Å²) in [5.41, 5.74) is -4.30. The lowest BCUT2D eigenvalue weighted by atomic mass is 10.0. The zero-order chi connectivity index (χ0) is 28.7. The lowest BCUT2D eigenvalue weighted by Gasteiger charge is -2.28. The van der Waals surface area contributed by atoms with E-state index in [1.54, 1.807) is 18.2 Å². The van der Waals surface area contributed by atoms with E-state index in [1.807, 2.05) is 0 Å². The molecule has 0 amide bonds. The van der Waals surface area contributed by atoms with Crippen LogP contribution in [0.25, 0.3) is 0 Å². The molecular weight excluding hydrogens is 571 g/mol. The number of hydrogen-bond donors (Lipinski definition) is 0. The van der Waals surface area contributed by atoms with Crippen LogP contribution in [0.3, 0.4) is 0 Å². The summed E-state index contributed by atoms with van der Waals surface area (Å²) in [5, 5.41) is -0.360. The Bertz CT molecular complexity index is 1240. The van der Waals surface area contributed by atoms with E-state index in [-0.39, 0.29) is 47.9 Å². The summed E-state index contributed by atoms with van der Waals surface area (Å²) >= 11 is 6.30. The largest absolute Gasteiger partial charge is 0.495 e. The van der Waals surface area contributed by atoms with Crippen LogP contribution in [0.4, 0.5) is 8.78 Å². The summed E-state index contributed by atoms with van der Waals surface area (Å²) < 4.78 is 87.8. The molecule has 0 bridgehead atoms. The van der Waals surface area contributed by atoms with Crippen molar-refractivity contribution in [3.05, 3.63) is 58.6 Å². The number of rotatable bonds is 13. The average Bonchev–Trinajstić information content (AvgIpc) is 3.17. The number of methoxy groups -OCH3 is 1. The highest BCUT2D eigenvalue weighted by Crippen LogP contribution is 2.67. The Labute approximate surface area is 235 Å². The molecule has 0 heterocycles. The van der Waals surface area contributed by atoms with Gasteiger partial charge in [-0.15, -0.1) is 0 Å². The number of nitrogens with zero attached hydrogens (tertiary/aromatic N) is 1. The Balaban J connectivity index is 1.98. The lowest BCUT2D eigenvalue weighted by Crippen LogP contribution is -2.35. The summed E-state index contributed by atoms with van der Waals surface area (Å²) in [6.45, 7) is 2.60. The van der Waals surface area contributed by atoms with E-state index in [1.165, 1.54) is 43.5 Å². The molecule has 0 spiro atoms. The Morgan fingerprint density at radius 1 is 1.03 bits per heavy atom. The third-order valence-corrected chi connectivity index (χ3v) is 11.1. The van der Waals surface area contributed by atoms with E-state index in [0.717, 1.165) is 44.6 Å². The topological polar surface area (TPSA) is 82.1 Å². The number of ether oxygens (including phenoxy) is 1. The summed E-state index contributed by atoms with van der Waals surface area (Å²) in [5.74, 6) is 0.387. The van der Waals surface area contributed by atoms with Gasteiger partial charge >= 0.3 is 13.3 Å². The van der Waals surface area contributed by atoms with Crippen LogP contribution in [-0.2, 0) is 35.8 Å². The van der Waals surface area contributed by atoms with Crippen LogP contribution in [0.2, 0.25) is 5.02 Å². The molecular formula is C27H37ClF2NO6PS. The number of para-hydroxylation sites is 1. The first-order chi connectivity index (χ1) is 18.5. The second kappa shape index (κ2) is 13.9. The van der Waals surface area contributed by atoms with Gasteiger partial charge in [0.25, 0.3) is 0 Å². The fourth-order valence-electron chi connectivity index (χ4n) is 4.84. The molecule has 2 aromatic carbocycles. The lowest BCUT2D eigenvalue weighted by molar-refractivity contribution is 0.0361. The van der Waals surface area contributed by atoms with Gasteiger partial charge in [-0.05, 0) is 56.4 Å². The van der Waals surface area contributed by atoms with Gasteiger partial charge in [-0.1, -0.05) is 61.5 Å². The van der Waals surface area contributed by atoms with Crippen molar-refractivity contribution in [1.82, 2.24) is 4.31 Å². The molecule has 0 N–H and O–H groups in total. The van der Waals surface area contributed by atoms with Crippen LogP contribution in [0.5, 0.6) is 5.75 Å². The van der Waals surface area contributed by atoms with Crippen molar-refractivity contribution in [3.63, 3.8) is 0 Å². The van der Waals surface area contributed by atoms with Crippen molar-refractivity contribution < 1.29 is 35.5 Å². The number of sulfonamides is 1. The van der Waals surface area contributed by atoms with E-state index < -0.39 is 28.8 Å². The van der Waals surface area contributed by atoms with Crippen LogP contribution in [0.15, 0.2) is 47.4 Å². The summed E-state index contributed by atoms with van der Waals surface area (Å²) in [6, 6.07) is 10.1. The minimum Gasteiger partial charge on any atom is -0.495 e. The minimum absolute atomic E-state index is 0.0322. The highest BCUT2D eigenvalue weighted by molar-refractivity contribution is 7.89. The summed E-state index contributed by atoms with van der Waals surface area (Å²) in [7, 11) is -7.46. The number of halogens is 3. The van der Waals surface area contributed by atoms with Crippen molar-refractivity contribution in [2.75, 3.05) is 26.9 Å². The van der Waals surface area contributed by atoms with Gasteiger partial charge in [0.05, 0.1) is 30.9 Å². The molecule has 0 saturated heterocycles. The smallest absolute Gasteiger partial charge is 0.404 e. The third kappa shape index (κ3) is 7.40. The van der Waals surface area contributed by atoms with Crippen LogP contribution >= 0.6 is 19.2 Å². The molecule has 0 aliphatic heterocycles. The molecule has 0 aromatic heterocycles. The molecule has 1 aliphatic carbocycles. The minimum atomic E-state index is -4.86. The Morgan fingerprint density at radius 2 is 1.64 bits per heavy atom. The van der Waals surface area contributed by atoms with Gasteiger partial charge in [0.15, 0.2) is 0 Å². The highest BCUT2D eigenvalue weighted by Gasteiger charge is 2.55. The maximum atomic E-state index is 15.4. The molecule has 7 nitrogen and oxygen atoms in total. The van der Waals surface area contributed by atoms with Crippen molar-refractivity contribution in [2.45, 2.75) is 69.5 Å². The molecule has 39 heavy (non-hydrogen) atoms. The first-order valence-corrected chi connectivity index (χ1v) is 16.5. The Morgan fingerprint density at radius 3 is 2.21 bits per heavy atom. The molecule has 0 unspecified atom stereocenters. The Hall–Kier alpha value is -1.55. The second-order valence-corrected chi connectivity index (χ2v) is 13.9. The zero-order valence-corrected chi connectivity index (χ0v) is 25.0. The van der Waals surface area contributed by atoms with Gasteiger partial charge < -0.3 is 13.8 Å². The molecule has 12 heteroatoms. The van der Waals surface area contributed by atoms with Gasteiger partial charge in [0.1, 0.15) is 10.6 Å². The number of hydrogen-bond acceptors (Lipinski definition) is 6. The van der Waals surface area contributed by atoms with Gasteiger partial charge in [0.2, 0.25) is 10.0 Å². The zero-order valence-electron chi connectivity index (χ0n) is 22.6. The van der Waals surface area contributed by atoms with Gasteiger partial charge in [0, 0.05) is 13.1 Å². The molecule has 2 aromatic rings. The summed E-state index contributed by atoms with van der Waals surface area (Å²) in [6.07, 6.45) is 6.12. The third-order valence-electron chi connectivity index (χ3n) is 6.78. The normalized spacial score (nSPS) is 15.9. The highest BCUT2D eigenvalue weighted by atomic mass is 35.5. The van der Waals surface area contributed by atoms with E-state index in [9.17, 15) is 13.0 Å². The molecule has 3 rings (SSSR count). The summed E-state index contributed by atoms with van der Waals surface area (Å²) in [4.78, 5) is 0.0322. The van der Waals surface area contributed by atoms with E-state index in [2.05, 4.69) is 0 Å². The molecule has 218 valence electrons. The fraction of sp³-hybridized carbons (Fsp3) is 0.556. The van der Waals surface area contributed by atoms with E-state index in [4.69, 9.17) is 25.4 Å². The van der Waals surface area contributed by atoms with Crippen LogP contribution in [0, 0.1) is 5.92 Å². The average molecular weight is 608 g/mol. The number of alkyl halides is 2. The standard InChI is InChI=1S/C27H37ClF2NO6PS/c1-4-36-38(32,37-5-2)27(29,30)23-17-16-22(18-24(23)28)20-31(19-21-12-8-6-7-9-13-21)39(33,34)26-15-11-10-14-25(26)35-3/h10-11,14-18,21H,4-9,12-13,19-20H2,1-3H3. The molecule has 0 atom stereocenters. The van der Waals surface area contributed by atoms with E-state index in [0.29, 0.717) is 5.56 Å². The van der Waals surface area contributed by atoms with Crippen LogP contribution in [0.1, 0.15) is 63.5 Å². The van der Waals surface area contributed by atoms with Gasteiger partial charge in [-0.3, -0.25) is 4.57 Å². The van der Waals surface area contributed by atoms with E-state index >= 15 is 8.78 Å². The molecule has 1 aliphatic rings. The fourth-order valence-corrected chi connectivity index (χ4v) is 8.46.